The Morgan fingerprint density at radius 3 is 2.25 bits per heavy atom. The lowest BCUT2D eigenvalue weighted by Gasteiger charge is -1.85. The Hall–Kier alpha value is 0.490. The zero-order chi connectivity index (χ0) is 5.70. The summed E-state index contributed by atoms with van der Waals surface area (Å²) in [5, 5.41) is 0. The molecule has 0 bridgehead atoms. The summed E-state index contributed by atoms with van der Waals surface area (Å²) in [6, 6.07) is 0. The fraction of sp³-hybridized carbons (Fsp3) is 0.750. The molecule has 8 heavy (non-hydrogen) atoms. The topological polar surface area (TPSA) is 43.1 Å². The van der Waals surface area contributed by atoms with Crippen molar-refractivity contribution < 1.29 is 4.79 Å². The van der Waals surface area contributed by atoms with Gasteiger partial charge in [-0.3, -0.25) is 4.79 Å². The molecule has 1 amide bonds. The van der Waals surface area contributed by atoms with Crippen molar-refractivity contribution in [3.63, 3.8) is 0 Å². The van der Waals surface area contributed by atoms with Gasteiger partial charge < -0.3 is 5.73 Å². The van der Waals surface area contributed by atoms with Crippen LogP contribution < -0.4 is 5.73 Å². The largest absolute Gasteiger partial charge is 0.370 e. The molecule has 0 saturated carbocycles. The Balaban J connectivity index is 0. The number of rotatable bonds is 3. The van der Waals surface area contributed by atoms with Gasteiger partial charge in [0.2, 0.25) is 5.91 Å². The molecule has 0 rings (SSSR count). The van der Waals surface area contributed by atoms with Crippen LogP contribution in [0.3, 0.4) is 0 Å². The number of alkyl halides is 1. The zero-order valence-corrected chi connectivity index (χ0v) is 7.37. The van der Waals surface area contributed by atoms with Crippen molar-refractivity contribution >= 4 is 40.9 Å². The summed E-state index contributed by atoms with van der Waals surface area (Å²) in [5.41, 5.74) is 4.84. The number of primary amides is 1. The molecule has 0 heterocycles. The monoisotopic (exact) mass is 249 g/mol. The first kappa shape index (κ1) is 11.3. The molecule has 0 unspecified atom stereocenters. The summed E-state index contributed by atoms with van der Waals surface area (Å²) in [4.78, 5) is 9.98. The number of hydrogen-bond acceptors (Lipinski definition) is 1. The van der Waals surface area contributed by atoms with Crippen LogP contribution in [0.2, 0.25) is 0 Å². The number of carbonyl (C=O) groups is 1. The Labute approximate surface area is 68.8 Å². The summed E-state index contributed by atoms with van der Waals surface area (Å²) in [7, 11) is 0. The van der Waals surface area contributed by atoms with E-state index in [0.29, 0.717) is 6.42 Å². The second kappa shape index (κ2) is 7.49. The number of hydrogen-bond donors (Lipinski definition) is 1. The summed E-state index contributed by atoms with van der Waals surface area (Å²) < 4.78 is 1.01. The molecule has 0 aliphatic rings. The van der Waals surface area contributed by atoms with Crippen molar-refractivity contribution in [1.29, 1.82) is 0 Å². The molecule has 0 aliphatic carbocycles. The Morgan fingerprint density at radius 1 is 1.62 bits per heavy atom. The van der Waals surface area contributed by atoms with Crippen LogP contribution in [0.1, 0.15) is 12.8 Å². The molecule has 0 aromatic carbocycles. The van der Waals surface area contributed by atoms with E-state index in [1.165, 1.54) is 0 Å². The Morgan fingerprint density at radius 2 is 2.12 bits per heavy atom. The number of amides is 1. The number of nitrogens with two attached hydrogens (primary N) is 1. The van der Waals surface area contributed by atoms with Gasteiger partial charge >= 0.3 is 0 Å². The van der Waals surface area contributed by atoms with Crippen molar-refractivity contribution in [3.8, 4) is 0 Å². The molecule has 0 radical (unpaired) electrons. The van der Waals surface area contributed by atoms with Crippen LogP contribution >= 0.6 is 35.0 Å². The van der Waals surface area contributed by atoms with Gasteiger partial charge in [0.1, 0.15) is 0 Å². The van der Waals surface area contributed by atoms with E-state index in [2.05, 4.69) is 22.6 Å². The SMILES string of the molecule is Cl.NC(=O)CCCI. The van der Waals surface area contributed by atoms with E-state index in [9.17, 15) is 4.79 Å². The summed E-state index contributed by atoms with van der Waals surface area (Å²) in [5.74, 6) is -0.198. The smallest absolute Gasteiger partial charge is 0.217 e. The van der Waals surface area contributed by atoms with Gasteiger partial charge in [-0.15, -0.1) is 12.4 Å². The zero-order valence-electron chi connectivity index (χ0n) is 4.39. The van der Waals surface area contributed by atoms with Crippen molar-refractivity contribution in [2.24, 2.45) is 5.73 Å². The maximum Gasteiger partial charge on any atom is 0.217 e. The minimum Gasteiger partial charge on any atom is -0.370 e. The van der Waals surface area contributed by atoms with Crippen LogP contribution in [0.4, 0.5) is 0 Å². The highest BCUT2D eigenvalue weighted by Crippen LogP contribution is 1.91. The fourth-order valence-electron chi connectivity index (χ4n) is 0.241. The Bertz CT molecular complexity index is 69.1. The Kier molecular flexibility index (Phi) is 10.6. The summed E-state index contributed by atoms with van der Waals surface area (Å²) >= 11 is 2.21. The van der Waals surface area contributed by atoms with Gasteiger partial charge in [0.15, 0.2) is 0 Å². The second-order valence-electron chi connectivity index (χ2n) is 1.26. The van der Waals surface area contributed by atoms with Crippen LogP contribution in [0.15, 0.2) is 0 Å². The molecule has 0 spiro atoms. The fourth-order valence-corrected chi connectivity index (χ4v) is 0.622. The second-order valence-corrected chi connectivity index (χ2v) is 2.34. The quantitative estimate of drug-likeness (QED) is 0.591. The first-order valence-corrected chi connectivity index (χ1v) is 3.64. The van der Waals surface area contributed by atoms with Crippen molar-refractivity contribution in [3.05, 3.63) is 0 Å². The molecule has 2 N–H and O–H groups in total. The highest BCUT2D eigenvalue weighted by Gasteiger charge is 1.88. The van der Waals surface area contributed by atoms with E-state index >= 15 is 0 Å². The lowest BCUT2D eigenvalue weighted by atomic mass is 10.3. The molecule has 2 nitrogen and oxygen atoms in total. The summed E-state index contributed by atoms with van der Waals surface area (Å²) in [6.07, 6.45) is 1.44. The average Bonchev–Trinajstić information content (AvgIpc) is 1.61. The average molecular weight is 249 g/mol. The third-order valence-electron chi connectivity index (χ3n) is 0.557. The lowest BCUT2D eigenvalue weighted by molar-refractivity contribution is -0.118. The van der Waals surface area contributed by atoms with Crippen LogP contribution in [0.25, 0.3) is 0 Å². The maximum atomic E-state index is 9.98. The molecule has 0 aromatic heterocycles. The van der Waals surface area contributed by atoms with Gasteiger partial charge in [0.25, 0.3) is 0 Å². The van der Waals surface area contributed by atoms with Crippen LogP contribution in [0.5, 0.6) is 0 Å². The van der Waals surface area contributed by atoms with E-state index < -0.39 is 0 Å². The first-order valence-electron chi connectivity index (χ1n) is 2.11. The summed E-state index contributed by atoms with van der Waals surface area (Å²) in [6.45, 7) is 0. The van der Waals surface area contributed by atoms with E-state index in [0.717, 1.165) is 10.8 Å². The van der Waals surface area contributed by atoms with E-state index in [1.54, 1.807) is 0 Å². The van der Waals surface area contributed by atoms with Crippen LogP contribution in [-0.4, -0.2) is 10.3 Å². The lowest BCUT2D eigenvalue weighted by Crippen LogP contribution is -2.09. The van der Waals surface area contributed by atoms with E-state index in [1.807, 2.05) is 0 Å². The predicted molar refractivity (Wildman–Crippen MR) is 44.6 cm³/mol. The molecular formula is C4H9ClINO. The molecule has 4 heteroatoms. The van der Waals surface area contributed by atoms with Gasteiger partial charge in [0.05, 0.1) is 0 Å². The third-order valence-corrected chi connectivity index (χ3v) is 1.32. The normalized spacial score (nSPS) is 7.62. The van der Waals surface area contributed by atoms with E-state index in [-0.39, 0.29) is 18.3 Å². The molecule has 0 saturated heterocycles. The highest BCUT2D eigenvalue weighted by molar-refractivity contribution is 14.1. The van der Waals surface area contributed by atoms with Gasteiger partial charge in [-0.2, -0.15) is 0 Å². The van der Waals surface area contributed by atoms with Gasteiger partial charge in [0, 0.05) is 10.8 Å². The minimum absolute atomic E-state index is 0. The molecule has 50 valence electrons. The van der Waals surface area contributed by atoms with Crippen LogP contribution in [0, 0.1) is 0 Å². The molecule has 0 aromatic rings. The first-order chi connectivity index (χ1) is 3.27. The number of halogens is 2. The van der Waals surface area contributed by atoms with Crippen LogP contribution in [-0.2, 0) is 4.79 Å². The standard InChI is InChI=1S/C4H8INO.ClH/c5-3-1-2-4(6)7;/h1-3H2,(H2,6,7);1H. The molecule has 0 atom stereocenters. The highest BCUT2D eigenvalue weighted by atomic mass is 127. The minimum atomic E-state index is -0.198. The maximum absolute atomic E-state index is 9.98. The molecule has 0 fully saturated rings. The predicted octanol–water partition coefficient (Wildman–Crippen LogP) is 1.11. The van der Waals surface area contributed by atoms with Crippen molar-refractivity contribution in [1.82, 2.24) is 0 Å². The molecule has 0 aliphatic heterocycles. The van der Waals surface area contributed by atoms with Gasteiger partial charge in [-0.05, 0) is 6.42 Å². The van der Waals surface area contributed by atoms with Gasteiger partial charge in [-0.1, -0.05) is 22.6 Å². The number of carbonyl (C=O) groups excluding carboxylic acids is 1. The van der Waals surface area contributed by atoms with Crippen molar-refractivity contribution in [2.75, 3.05) is 4.43 Å². The molecular weight excluding hydrogens is 240 g/mol. The van der Waals surface area contributed by atoms with Crippen molar-refractivity contribution in [2.45, 2.75) is 12.8 Å². The van der Waals surface area contributed by atoms with Gasteiger partial charge in [-0.25, -0.2) is 0 Å². The van der Waals surface area contributed by atoms with E-state index in [4.69, 9.17) is 5.73 Å². The third kappa shape index (κ3) is 9.70.